The van der Waals surface area contributed by atoms with Crippen molar-refractivity contribution in [3.05, 3.63) is 99.2 Å². The number of fused-ring (bicyclic) bond motifs is 3. The van der Waals surface area contributed by atoms with E-state index in [2.05, 4.69) is 0 Å². The third-order valence-corrected chi connectivity index (χ3v) is 6.29. The number of carbonyl (C=O) groups is 2. The standard InChI is InChI=1S/C27H19FN2O7/c28-16-4-8-19-18(10-16)25(32)23-24(15-2-5-17(6-3-15)34-12-22(29)31)30(27(33)26(23)37-19)11-14-1-7-20-21(9-14)36-13-35-20/h1-10,24H,11-13H2,(H2,29,31). The number of primary amides is 1. The fraction of sp³-hybridized carbons (Fsp3) is 0.148. The fourth-order valence-electron chi connectivity index (χ4n) is 4.64. The maximum absolute atomic E-state index is 14.0. The van der Waals surface area contributed by atoms with Crippen LogP contribution in [0.15, 0.2) is 69.9 Å². The van der Waals surface area contributed by atoms with Gasteiger partial charge in [-0.1, -0.05) is 18.2 Å². The van der Waals surface area contributed by atoms with Gasteiger partial charge in [-0.05, 0) is 53.6 Å². The van der Waals surface area contributed by atoms with Crippen LogP contribution >= 0.6 is 0 Å². The second kappa shape index (κ2) is 8.66. The van der Waals surface area contributed by atoms with Crippen LogP contribution in [0.1, 0.15) is 33.3 Å². The molecule has 6 rings (SSSR count). The van der Waals surface area contributed by atoms with Gasteiger partial charge in [0.25, 0.3) is 11.8 Å². The van der Waals surface area contributed by atoms with Crippen LogP contribution in [-0.2, 0) is 11.3 Å². The number of rotatable bonds is 6. The molecule has 0 fully saturated rings. The molecule has 9 nitrogen and oxygen atoms in total. The van der Waals surface area contributed by atoms with Gasteiger partial charge >= 0.3 is 0 Å². The summed E-state index contributed by atoms with van der Waals surface area (Å²) in [5, 5.41) is 0.0443. The van der Waals surface area contributed by atoms with Gasteiger partial charge < -0.3 is 29.3 Å². The Balaban J connectivity index is 1.46. The SMILES string of the molecule is NC(=O)COc1ccc(C2c3c(oc4ccc(F)cc4c3=O)C(=O)N2Cc2ccc3c(c2)OCO3)cc1. The summed E-state index contributed by atoms with van der Waals surface area (Å²) in [7, 11) is 0. The Morgan fingerprint density at radius 3 is 2.59 bits per heavy atom. The minimum absolute atomic E-state index is 0.0443. The molecule has 1 atom stereocenters. The van der Waals surface area contributed by atoms with Crippen LogP contribution in [0.4, 0.5) is 4.39 Å². The van der Waals surface area contributed by atoms with Crippen molar-refractivity contribution in [3.63, 3.8) is 0 Å². The Labute approximate surface area is 208 Å². The number of nitrogens with two attached hydrogens (primary N) is 1. The van der Waals surface area contributed by atoms with E-state index in [-0.39, 0.29) is 42.2 Å². The lowest BCUT2D eigenvalue weighted by atomic mass is 9.98. The number of halogens is 1. The molecule has 0 spiro atoms. The van der Waals surface area contributed by atoms with E-state index in [4.69, 9.17) is 24.4 Å². The highest BCUT2D eigenvalue weighted by Crippen LogP contribution is 2.40. The summed E-state index contributed by atoms with van der Waals surface area (Å²) < 4.78 is 36.0. The van der Waals surface area contributed by atoms with Gasteiger partial charge in [-0.2, -0.15) is 0 Å². The summed E-state index contributed by atoms with van der Waals surface area (Å²) in [5.41, 5.74) is 6.24. The van der Waals surface area contributed by atoms with Crippen molar-refractivity contribution in [1.82, 2.24) is 4.90 Å². The molecule has 2 aliphatic heterocycles. The topological polar surface area (TPSA) is 121 Å². The number of benzene rings is 3. The largest absolute Gasteiger partial charge is 0.484 e. The van der Waals surface area contributed by atoms with Gasteiger partial charge in [0.05, 0.1) is 17.0 Å². The van der Waals surface area contributed by atoms with E-state index in [1.165, 1.54) is 17.0 Å². The quantitative estimate of drug-likeness (QED) is 0.430. The monoisotopic (exact) mass is 502 g/mol. The van der Waals surface area contributed by atoms with Gasteiger partial charge in [0, 0.05) is 6.54 Å². The predicted molar refractivity (Wildman–Crippen MR) is 128 cm³/mol. The first-order chi connectivity index (χ1) is 17.9. The van der Waals surface area contributed by atoms with Crippen molar-refractivity contribution >= 4 is 22.8 Å². The Kier molecular flexibility index (Phi) is 5.29. The third kappa shape index (κ3) is 3.92. The van der Waals surface area contributed by atoms with Gasteiger partial charge in [-0.25, -0.2) is 4.39 Å². The number of hydrogen-bond acceptors (Lipinski definition) is 7. The Morgan fingerprint density at radius 1 is 1.03 bits per heavy atom. The molecule has 2 aliphatic rings. The predicted octanol–water partition coefficient (Wildman–Crippen LogP) is 3.27. The van der Waals surface area contributed by atoms with E-state index in [9.17, 15) is 18.8 Å². The Morgan fingerprint density at radius 2 is 1.81 bits per heavy atom. The molecular weight excluding hydrogens is 483 g/mol. The number of amides is 2. The Bertz CT molecular complexity index is 1630. The average Bonchev–Trinajstić information content (AvgIpc) is 3.46. The van der Waals surface area contributed by atoms with Gasteiger partial charge in [-0.3, -0.25) is 14.4 Å². The molecule has 1 unspecified atom stereocenters. The summed E-state index contributed by atoms with van der Waals surface area (Å²) in [5.74, 6) is -0.224. The second-order valence-corrected chi connectivity index (χ2v) is 8.66. The second-order valence-electron chi connectivity index (χ2n) is 8.66. The first-order valence-electron chi connectivity index (χ1n) is 11.4. The maximum atomic E-state index is 14.0. The number of carbonyl (C=O) groups excluding carboxylic acids is 2. The van der Waals surface area contributed by atoms with E-state index < -0.39 is 29.1 Å². The van der Waals surface area contributed by atoms with Crippen molar-refractivity contribution in [2.24, 2.45) is 5.73 Å². The van der Waals surface area contributed by atoms with E-state index in [1.807, 2.05) is 6.07 Å². The van der Waals surface area contributed by atoms with E-state index in [0.29, 0.717) is 22.8 Å². The molecule has 2 amide bonds. The van der Waals surface area contributed by atoms with Crippen LogP contribution in [0, 0.1) is 5.82 Å². The molecule has 37 heavy (non-hydrogen) atoms. The van der Waals surface area contributed by atoms with Crippen LogP contribution in [-0.4, -0.2) is 30.1 Å². The lowest BCUT2D eigenvalue weighted by Gasteiger charge is -2.25. The molecule has 0 aliphatic carbocycles. The minimum atomic E-state index is -0.818. The van der Waals surface area contributed by atoms with Crippen LogP contribution < -0.4 is 25.4 Å². The van der Waals surface area contributed by atoms with Gasteiger partial charge in [0.1, 0.15) is 17.1 Å². The van der Waals surface area contributed by atoms with Gasteiger partial charge in [-0.15, -0.1) is 0 Å². The third-order valence-electron chi connectivity index (χ3n) is 6.29. The molecule has 1 aromatic heterocycles. The number of hydrogen-bond donors (Lipinski definition) is 1. The van der Waals surface area contributed by atoms with Crippen LogP contribution in [0.3, 0.4) is 0 Å². The molecule has 0 saturated heterocycles. The zero-order valence-electron chi connectivity index (χ0n) is 19.2. The first kappa shape index (κ1) is 22.6. The Hall–Kier alpha value is -4.86. The van der Waals surface area contributed by atoms with Gasteiger partial charge in [0.15, 0.2) is 23.5 Å². The van der Waals surface area contributed by atoms with Crippen molar-refractivity contribution < 1.29 is 32.6 Å². The molecule has 186 valence electrons. The zero-order chi connectivity index (χ0) is 25.7. The summed E-state index contributed by atoms with van der Waals surface area (Å²) in [4.78, 5) is 39.8. The molecule has 4 aromatic rings. The first-order valence-corrected chi connectivity index (χ1v) is 11.4. The van der Waals surface area contributed by atoms with Crippen LogP contribution in [0.2, 0.25) is 0 Å². The highest BCUT2D eigenvalue weighted by molar-refractivity contribution is 5.99. The smallest absolute Gasteiger partial charge is 0.291 e. The van der Waals surface area contributed by atoms with Gasteiger partial charge in [0.2, 0.25) is 12.6 Å². The molecule has 3 aromatic carbocycles. The lowest BCUT2D eigenvalue weighted by Crippen LogP contribution is -2.29. The van der Waals surface area contributed by atoms with E-state index in [0.717, 1.165) is 11.6 Å². The van der Waals surface area contributed by atoms with Crippen LogP contribution in [0.5, 0.6) is 17.2 Å². The van der Waals surface area contributed by atoms with E-state index >= 15 is 0 Å². The van der Waals surface area contributed by atoms with Crippen molar-refractivity contribution in [1.29, 1.82) is 0 Å². The van der Waals surface area contributed by atoms with E-state index in [1.54, 1.807) is 36.4 Å². The van der Waals surface area contributed by atoms with Crippen molar-refractivity contribution in [2.45, 2.75) is 12.6 Å². The zero-order valence-corrected chi connectivity index (χ0v) is 19.2. The van der Waals surface area contributed by atoms with Crippen LogP contribution in [0.25, 0.3) is 11.0 Å². The molecule has 2 N–H and O–H groups in total. The summed E-state index contributed by atoms with van der Waals surface area (Å²) in [6.45, 7) is -0.0445. The molecular formula is C27H19FN2O7. The fourth-order valence-corrected chi connectivity index (χ4v) is 4.64. The molecule has 0 bridgehead atoms. The highest BCUT2D eigenvalue weighted by Gasteiger charge is 2.43. The lowest BCUT2D eigenvalue weighted by molar-refractivity contribution is -0.119. The summed E-state index contributed by atoms with van der Waals surface area (Å²) in [6, 6.07) is 14.7. The molecule has 0 radical (unpaired) electrons. The number of nitrogens with zero attached hydrogens (tertiary/aromatic N) is 1. The average molecular weight is 502 g/mol. The normalized spacial score (nSPS) is 15.8. The molecule has 3 heterocycles. The highest BCUT2D eigenvalue weighted by atomic mass is 19.1. The number of ether oxygens (including phenoxy) is 3. The molecule has 10 heteroatoms. The minimum Gasteiger partial charge on any atom is -0.484 e. The van der Waals surface area contributed by atoms with Crippen molar-refractivity contribution in [3.8, 4) is 17.2 Å². The molecule has 0 saturated carbocycles. The maximum Gasteiger partial charge on any atom is 0.291 e. The van der Waals surface area contributed by atoms with Crippen molar-refractivity contribution in [2.75, 3.05) is 13.4 Å². The summed E-state index contributed by atoms with van der Waals surface area (Å²) >= 11 is 0. The summed E-state index contributed by atoms with van der Waals surface area (Å²) in [6.07, 6.45) is 0.